The Morgan fingerprint density at radius 2 is 2.05 bits per heavy atom. The monoisotopic (exact) mass is 297 g/mol. The number of nitrogens with two attached hydrogens (primary N) is 1. The molecule has 0 radical (unpaired) electrons. The zero-order chi connectivity index (χ0) is 15.3. The number of carbonyl (C=O) groups is 1. The van der Waals surface area contributed by atoms with Crippen LogP contribution in [0.3, 0.4) is 0 Å². The molecule has 6 nitrogen and oxygen atoms in total. The first-order valence-electron chi connectivity index (χ1n) is 7.97. The summed E-state index contributed by atoms with van der Waals surface area (Å²) < 4.78 is 5.38. The molecule has 1 amide bonds. The zero-order valence-electron chi connectivity index (χ0n) is 12.8. The van der Waals surface area contributed by atoms with Crippen molar-refractivity contribution < 1.29 is 14.7 Å². The number of rotatable bonds is 4. The van der Waals surface area contributed by atoms with E-state index in [2.05, 4.69) is 10.5 Å². The highest BCUT2D eigenvalue weighted by atomic mass is 16.5. The number of amidine groups is 1. The molecule has 2 rings (SSSR count). The van der Waals surface area contributed by atoms with Gasteiger partial charge in [-0.25, -0.2) is 0 Å². The lowest BCUT2D eigenvalue weighted by molar-refractivity contribution is -0.129. The molecular weight excluding hydrogens is 270 g/mol. The summed E-state index contributed by atoms with van der Waals surface area (Å²) in [6.07, 6.45) is 6.35. The Morgan fingerprint density at radius 1 is 1.38 bits per heavy atom. The quantitative estimate of drug-likeness (QED) is 0.241. The number of carbonyl (C=O) groups excluding carboxylic acids is 1. The standard InChI is InChI=1S/C15H27N3O3/c1-11(12-6-9-21-10-12)17-14(19)15(13(16)18-20)7-4-2-3-5-8-15/h11-12,20H,2-10H2,1H3,(H2,16,18)(H,17,19). The molecule has 6 heteroatoms. The minimum Gasteiger partial charge on any atom is -0.409 e. The third kappa shape index (κ3) is 3.48. The van der Waals surface area contributed by atoms with Crippen LogP contribution in [0.1, 0.15) is 51.9 Å². The SMILES string of the molecule is CC(NC(=O)C1(C(N)=NO)CCCCCC1)C1CCOC1. The first kappa shape index (κ1) is 16.1. The highest BCUT2D eigenvalue weighted by molar-refractivity contribution is 6.06. The third-order valence-electron chi connectivity index (χ3n) is 5.02. The highest BCUT2D eigenvalue weighted by Crippen LogP contribution is 2.36. The van der Waals surface area contributed by atoms with Gasteiger partial charge in [0.25, 0.3) is 0 Å². The van der Waals surface area contributed by atoms with Crippen LogP contribution in [0.5, 0.6) is 0 Å². The van der Waals surface area contributed by atoms with Gasteiger partial charge in [-0.2, -0.15) is 0 Å². The number of nitrogens with one attached hydrogen (secondary N) is 1. The Bertz CT molecular complexity index is 384. The predicted molar refractivity (Wildman–Crippen MR) is 80.1 cm³/mol. The second-order valence-electron chi connectivity index (χ2n) is 6.37. The molecule has 0 aromatic rings. The van der Waals surface area contributed by atoms with Crippen molar-refractivity contribution in [1.82, 2.24) is 5.32 Å². The van der Waals surface area contributed by atoms with Gasteiger partial charge in [-0.15, -0.1) is 0 Å². The van der Waals surface area contributed by atoms with Crippen molar-refractivity contribution in [1.29, 1.82) is 0 Å². The van der Waals surface area contributed by atoms with Crippen molar-refractivity contribution in [2.24, 2.45) is 22.2 Å². The largest absolute Gasteiger partial charge is 0.409 e. The van der Waals surface area contributed by atoms with Gasteiger partial charge >= 0.3 is 0 Å². The topological polar surface area (TPSA) is 96.9 Å². The molecule has 1 aliphatic heterocycles. The Labute approximate surface area is 126 Å². The van der Waals surface area contributed by atoms with Crippen molar-refractivity contribution in [3.05, 3.63) is 0 Å². The van der Waals surface area contributed by atoms with Gasteiger partial charge in [0.2, 0.25) is 5.91 Å². The smallest absolute Gasteiger partial charge is 0.234 e. The van der Waals surface area contributed by atoms with Crippen LogP contribution in [-0.4, -0.2) is 36.2 Å². The molecule has 2 atom stereocenters. The van der Waals surface area contributed by atoms with Crippen LogP contribution in [0, 0.1) is 11.3 Å². The van der Waals surface area contributed by atoms with E-state index in [0.717, 1.165) is 38.7 Å². The van der Waals surface area contributed by atoms with Crippen LogP contribution in [0.15, 0.2) is 5.16 Å². The zero-order valence-corrected chi connectivity index (χ0v) is 12.8. The maximum atomic E-state index is 12.8. The second kappa shape index (κ2) is 7.11. The van der Waals surface area contributed by atoms with Crippen molar-refractivity contribution in [3.63, 3.8) is 0 Å². The molecule has 21 heavy (non-hydrogen) atoms. The molecule has 0 aromatic carbocycles. The summed E-state index contributed by atoms with van der Waals surface area (Å²) >= 11 is 0. The Kier molecular flexibility index (Phi) is 5.45. The van der Waals surface area contributed by atoms with E-state index < -0.39 is 5.41 Å². The van der Waals surface area contributed by atoms with E-state index >= 15 is 0 Å². The fraction of sp³-hybridized carbons (Fsp3) is 0.867. The van der Waals surface area contributed by atoms with Crippen molar-refractivity contribution in [2.75, 3.05) is 13.2 Å². The van der Waals surface area contributed by atoms with Crippen molar-refractivity contribution in [2.45, 2.75) is 57.9 Å². The minimum atomic E-state index is -0.848. The van der Waals surface area contributed by atoms with Crippen LogP contribution in [0.2, 0.25) is 0 Å². The number of hydrogen-bond acceptors (Lipinski definition) is 4. The van der Waals surface area contributed by atoms with Gasteiger partial charge in [-0.1, -0.05) is 30.8 Å². The van der Waals surface area contributed by atoms with E-state index in [4.69, 9.17) is 15.7 Å². The number of ether oxygens (including phenoxy) is 1. The first-order chi connectivity index (χ1) is 10.1. The molecule has 2 fully saturated rings. The van der Waals surface area contributed by atoms with Crippen LogP contribution in [0.4, 0.5) is 0 Å². The molecule has 4 N–H and O–H groups in total. The normalized spacial score (nSPS) is 27.9. The number of hydrogen-bond donors (Lipinski definition) is 3. The molecular formula is C15H27N3O3. The Morgan fingerprint density at radius 3 is 2.57 bits per heavy atom. The summed E-state index contributed by atoms with van der Waals surface area (Å²) in [5.74, 6) is 0.305. The maximum Gasteiger partial charge on any atom is 0.234 e. The van der Waals surface area contributed by atoms with Gasteiger partial charge in [0.05, 0.1) is 6.61 Å². The summed E-state index contributed by atoms with van der Waals surface area (Å²) in [4.78, 5) is 12.8. The summed E-state index contributed by atoms with van der Waals surface area (Å²) in [7, 11) is 0. The molecule has 2 aliphatic rings. The summed E-state index contributed by atoms with van der Waals surface area (Å²) in [5.41, 5.74) is 5.05. The Balaban J connectivity index is 2.10. The molecule has 1 aliphatic carbocycles. The summed E-state index contributed by atoms with van der Waals surface area (Å²) in [6, 6.07) is 0.0478. The Hall–Kier alpha value is -1.30. The van der Waals surface area contributed by atoms with Crippen LogP contribution >= 0.6 is 0 Å². The van der Waals surface area contributed by atoms with E-state index in [-0.39, 0.29) is 17.8 Å². The van der Waals surface area contributed by atoms with E-state index in [1.54, 1.807) is 0 Å². The average Bonchev–Trinajstić information content (AvgIpc) is 2.91. The van der Waals surface area contributed by atoms with E-state index in [0.29, 0.717) is 25.4 Å². The molecule has 2 unspecified atom stereocenters. The van der Waals surface area contributed by atoms with Gasteiger partial charge in [-0.3, -0.25) is 4.79 Å². The molecule has 0 bridgehead atoms. The fourth-order valence-electron chi connectivity index (χ4n) is 3.44. The van der Waals surface area contributed by atoms with Crippen LogP contribution < -0.4 is 11.1 Å². The van der Waals surface area contributed by atoms with Gasteiger partial charge in [0, 0.05) is 18.6 Å². The highest BCUT2D eigenvalue weighted by Gasteiger charge is 2.44. The summed E-state index contributed by atoms with van der Waals surface area (Å²) in [5, 5.41) is 15.3. The van der Waals surface area contributed by atoms with Crippen molar-refractivity contribution >= 4 is 11.7 Å². The van der Waals surface area contributed by atoms with Gasteiger partial charge < -0.3 is 21.0 Å². The molecule has 1 saturated heterocycles. The third-order valence-corrected chi connectivity index (χ3v) is 5.02. The molecule has 1 heterocycles. The van der Waals surface area contributed by atoms with Gasteiger partial charge in [0.15, 0.2) is 5.84 Å². The summed E-state index contributed by atoms with van der Waals surface area (Å²) in [6.45, 7) is 3.46. The average molecular weight is 297 g/mol. The molecule has 0 aromatic heterocycles. The lowest BCUT2D eigenvalue weighted by Crippen LogP contribution is -2.53. The predicted octanol–water partition coefficient (Wildman–Crippen LogP) is 1.61. The number of oxime groups is 1. The van der Waals surface area contributed by atoms with E-state index in [1.807, 2.05) is 6.92 Å². The van der Waals surface area contributed by atoms with Crippen LogP contribution in [-0.2, 0) is 9.53 Å². The maximum absolute atomic E-state index is 12.8. The minimum absolute atomic E-state index is 0.0478. The lowest BCUT2D eigenvalue weighted by atomic mass is 9.77. The molecule has 0 spiro atoms. The second-order valence-corrected chi connectivity index (χ2v) is 6.37. The van der Waals surface area contributed by atoms with Crippen molar-refractivity contribution in [3.8, 4) is 0 Å². The van der Waals surface area contributed by atoms with E-state index in [1.165, 1.54) is 0 Å². The van der Waals surface area contributed by atoms with Gasteiger partial charge in [0.1, 0.15) is 5.41 Å². The van der Waals surface area contributed by atoms with Gasteiger partial charge in [-0.05, 0) is 26.2 Å². The van der Waals surface area contributed by atoms with Crippen LogP contribution in [0.25, 0.3) is 0 Å². The lowest BCUT2D eigenvalue weighted by Gasteiger charge is -2.32. The first-order valence-corrected chi connectivity index (χ1v) is 7.97. The fourth-order valence-corrected chi connectivity index (χ4v) is 3.44. The molecule has 120 valence electrons. The molecule has 1 saturated carbocycles. The van der Waals surface area contributed by atoms with E-state index in [9.17, 15) is 4.79 Å². The number of nitrogens with zero attached hydrogens (tertiary/aromatic N) is 1. The number of amides is 1.